The van der Waals surface area contributed by atoms with Crippen LogP contribution in [0, 0.1) is 5.82 Å². The lowest BCUT2D eigenvalue weighted by molar-refractivity contribution is 0.00578. The molecule has 0 saturated carbocycles. The molecule has 28 heavy (non-hydrogen) atoms. The number of nitrogens with zero attached hydrogens (tertiary/aromatic N) is 2. The Morgan fingerprint density at radius 1 is 1.25 bits per heavy atom. The van der Waals surface area contributed by atoms with Gasteiger partial charge < -0.3 is 14.2 Å². The van der Waals surface area contributed by atoms with Crippen molar-refractivity contribution in [1.82, 2.24) is 9.88 Å². The Labute approximate surface area is 168 Å². The summed E-state index contributed by atoms with van der Waals surface area (Å²) in [6.45, 7) is 8.15. The fraction of sp³-hybridized carbons (Fsp3) is 0.400. The second-order valence-electron chi connectivity index (χ2n) is 8.21. The van der Waals surface area contributed by atoms with E-state index in [2.05, 4.69) is 4.98 Å². The number of pyridine rings is 1. The number of amides is 1. The van der Waals surface area contributed by atoms with Crippen molar-refractivity contribution in [2.24, 2.45) is 0 Å². The zero-order valence-electron chi connectivity index (χ0n) is 16.3. The molecular formula is C20H21BClFN2O3. The number of aromatic nitrogens is 1. The van der Waals surface area contributed by atoms with E-state index >= 15 is 0 Å². The molecule has 1 amide bonds. The van der Waals surface area contributed by atoms with Crippen LogP contribution in [0.15, 0.2) is 30.5 Å². The Balaban J connectivity index is 1.57. The fourth-order valence-corrected chi connectivity index (χ4v) is 3.67. The lowest BCUT2D eigenvalue weighted by Crippen LogP contribution is -2.41. The predicted molar refractivity (Wildman–Crippen MR) is 105 cm³/mol. The van der Waals surface area contributed by atoms with E-state index in [1.165, 1.54) is 11.0 Å². The van der Waals surface area contributed by atoms with Gasteiger partial charge in [-0.3, -0.25) is 9.78 Å². The van der Waals surface area contributed by atoms with Crippen molar-refractivity contribution in [3.63, 3.8) is 0 Å². The molecular weight excluding hydrogens is 381 g/mol. The van der Waals surface area contributed by atoms with Gasteiger partial charge in [0.15, 0.2) is 0 Å². The highest BCUT2D eigenvalue weighted by molar-refractivity contribution is 6.62. The Morgan fingerprint density at radius 3 is 2.54 bits per heavy atom. The maximum Gasteiger partial charge on any atom is 0.494 e. The molecule has 1 aromatic heterocycles. The molecule has 0 atom stereocenters. The van der Waals surface area contributed by atoms with Gasteiger partial charge in [0.25, 0.3) is 5.91 Å². The van der Waals surface area contributed by atoms with Crippen LogP contribution < -0.4 is 5.46 Å². The van der Waals surface area contributed by atoms with Gasteiger partial charge >= 0.3 is 7.12 Å². The van der Waals surface area contributed by atoms with E-state index in [1.54, 1.807) is 24.4 Å². The molecule has 2 aliphatic rings. The third-order valence-corrected chi connectivity index (χ3v) is 6.12. The zero-order valence-corrected chi connectivity index (χ0v) is 17.0. The van der Waals surface area contributed by atoms with Crippen LogP contribution in [0.5, 0.6) is 0 Å². The summed E-state index contributed by atoms with van der Waals surface area (Å²) >= 11 is 6.39. The van der Waals surface area contributed by atoms with Crippen LogP contribution in [0.4, 0.5) is 4.39 Å². The highest BCUT2D eigenvalue weighted by Crippen LogP contribution is 2.37. The number of hydrogen-bond acceptors (Lipinski definition) is 4. The van der Waals surface area contributed by atoms with Crippen LogP contribution in [-0.2, 0) is 22.4 Å². The summed E-state index contributed by atoms with van der Waals surface area (Å²) in [7, 11) is -0.701. The van der Waals surface area contributed by atoms with Crippen LogP contribution in [0.2, 0.25) is 5.02 Å². The van der Waals surface area contributed by atoms with E-state index < -0.39 is 24.1 Å². The Hall–Kier alpha value is -1.96. The van der Waals surface area contributed by atoms with Crippen molar-refractivity contribution in [3.8, 4) is 0 Å². The minimum absolute atomic E-state index is 0.0729. The molecule has 4 rings (SSSR count). The maximum atomic E-state index is 14.9. The van der Waals surface area contributed by atoms with Gasteiger partial charge in [0.1, 0.15) is 5.82 Å². The van der Waals surface area contributed by atoms with Gasteiger partial charge in [0.2, 0.25) is 0 Å². The second-order valence-corrected chi connectivity index (χ2v) is 8.62. The number of carbonyl (C=O) groups excluding carboxylic acids is 1. The quantitative estimate of drug-likeness (QED) is 0.739. The van der Waals surface area contributed by atoms with Crippen molar-refractivity contribution in [3.05, 3.63) is 58.1 Å². The van der Waals surface area contributed by atoms with Gasteiger partial charge in [-0.15, -0.1) is 0 Å². The molecule has 2 aromatic rings. The molecule has 1 aromatic carbocycles. The number of rotatable bonds is 3. The molecule has 0 unspecified atom stereocenters. The van der Waals surface area contributed by atoms with Crippen LogP contribution in [0.25, 0.3) is 0 Å². The standard InChI is InChI=1S/C20H21BClFN2O3/c1-19(2)20(3,4)28-21(27-19)12-8-15(22)14(16(23)9-12)10-25-11-17-13(18(25)26)6-5-7-24-17/h5-9H,10-11H2,1-4H3. The van der Waals surface area contributed by atoms with Crippen LogP contribution in [0.1, 0.15) is 49.3 Å². The average molecular weight is 403 g/mol. The van der Waals surface area contributed by atoms with Crippen LogP contribution in [0.3, 0.4) is 0 Å². The van der Waals surface area contributed by atoms with Crippen molar-refractivity contribution < 1.29 is 18.5 Å². The number of fused-ring (bicyclic) bond motifs is 1. The van der Waals surface area contributed by atoms with Crippen LogP contribution in [-0.4, -0.2) is 34.1 Å². The number of carbonyl (C=O) groups is 1. The molecule has 5 nitrogen and oxygen atoms in total. The molecule has 2 aliphatic heterocycles. The first-order valence-corrected chi connectivity index (χ1v) is 9.53. The highest BCUT2D eigenvalue weighted by atomic mass is 35.5. The Morgan fingerprint density at radius 2 is 1.93 bits per heavy atom. The van der Waals surface area contributed by atoms with Crippen molar-refractivity contribution in [2.45, 2.75) is 52.0 Å². The summed E-state index contributed by atoms with van der Waals surface area (Å²) in [6.07, 6.45) is 1.64. The van der Waals surface area contributed by atoms with Gasteiger partial charge in [-0.25, -0.2) is 4.39 Å². The van der Waals surface area contributed by atoms with Gasteiger partial charge in [-0.1, -0.05) is 11.6 Å². The maximum absolute atomic E-state index is 14.9. The highest BCUT2D eigenvalue weighted by Gasteiger charge is 2.52. The zero-order chi connectivity index (χ0) is 20.3. The number of benzene rings is 1. The van der Waals surface area contributed by atoms with Crippen molar-refractivity contribution in [1.29, 1.82) is 0 Å². The number of halogens is 2. The molecule has 3 heterocycles. The summed E-state index contributed by atoms with van der Waals surface area (Å²) in [5, 5.41) is 0.237. The molecule has 0 N–H and O–H groups in total. The third kappa shape index (κ3) is 3.11. The topological polar surface area (TPSA) is 51.7 Å². The minimum Gasteiger partial charge on any atom is -0.399 e. The van der Waals surface area contributed by atoms with E-state index in [1.807, 2.05) is 27.7 Å². The molecule has 1 fully saturated rings. The minimum atomic E-state index is -0.701. The Bertz CT molecular complexity index is 927. The third-order valence-electron chi connectivity index (χ3n) is 5.79. The van der Waals surface area contributed by atoms with E-state index in [0.717, 1.165) is 0 Å². The second kappa shape index (κ2) is 6.54. The lowest BCUT2D eigenvalue weighted by Gasteiger charge is -2.32. The summed E-state index contributed by atoms with van der Waals surface area (Å²) in [4.78, 5) is 18.3. The molecule has 0 bridgehead atoms. The van der Waals surface area contributed by atoms with Crippen molar-refractivity contribution >= 4 is 30.1 Å². The van der Waals surface area contributed by atoms with Gasteiger partial charge in [-0.05, 0) is 57.4 Å². The fourth-order valence-electron chi connectivity index (χ4n) is 3.39. The molecule has 0 radical (unpaired) electrons. The molecule has 0 aliphatic carbocycles. The van der Waals surface area contributed by atoms with E-state index in [4.69, 9.17) is 20.9 Å². The largest absolute Gasteiger partial charge is 0.494 e. The number of hydrogen-bond donors (Lipinski definition) is 0. The van der Waals surface area contributed by atoms with E-state index in [9.17, 15) is 9.18 Å². The normalized spacial score (nSPS) is 20.0. The van der Waals surface area contributed by atoms with Gasteiger partial charge in [0.05, 0.1) is 35.5 Å². The molecule has 146 valence electrons. The Kier molecular flexibility index (Phi) is 4.52. The predicted octanol–water partition coefficient (Wildman–Crippen LogP) is 3.33. The summed E-state index contributed by atoms with van der Waals surface area (Å²) in [5.74, 6) is -0.664. The summed E-state index contributed by atoms with van der Waals surface area (Å²) < 4.78 is 26.9. The average Bonchev–Trinajstić information content (AvgIpc) is 3.04. The van der Waals surface area contributed by atoms with Gasteiger partial charge in [0, 0.05) is 16.8 Å². The monoisotopic (exact) mass is 402 g/mol. The van der Waals surface area contributed by atoms with Gasteiger partial charge in [-0.2, -0.15) is 0 Å². The SMILES string of the molecule is CC1(C)OB(c2cc(F)c(CN3Cc4ncccc4C3=O)c(Cl)c2)OC1(C)C. The molecule has 1 saturated heterocycles. The smallest absolute Gasteiger partial charge is 0.399 e. The lowest BCUT2D eigenvalue weighted by atomic mass is 9.78. The molecule has 0 spiro atoms. The van der Waals surface area contributed by atoms with Crippen LogP contribution >= 0.6 is 11.6 Å². The van der Waals surface area contributed by atoms with E-state index in [-0.39, 0.29) is 23.0 Å². The first kappa shape index (κ1) is 19.4. The van der Waals surface area contributed by atoms with E-state index in [0.29, 0.717) is 23.3 Å². The first-order valence-electron chi connectivity index (χ1n) is 9.16. The first-order chi connectivity index (χ1) is 13.1. The molecule has 8 heteroatoms. The summed E-state index contributed by atoms with van der Waals surface area (Å²) in [6, 6.07) is 6.46. The van der Waals surface area contributed by atoms with Crippen molar-refractivity contribution in [2.75, 3.05) is 0 Å². The summed E-state index contributed by atoms with van der Waals surface area (Å²) in [5.41, 5.74) is 0.969.